The molecule has 0 aliphatic rings. The van der Waals surface area contributed by atoms with Crippen molar-refractivity contribution < 1.29 is 14.8 Å². The largest absolute Gasteiger partial charge is 0.396 e. The number of aliphatic hydroxyl groups is 1. The Morgan fingerprint density at radius 1 is 1.43 bits per heavy atom. The predicted octanol–water partition coefficient (Wildman–Crippen LogP) is 3.21. The number of carbonyl (C=O) groups is 1. The van der Waals surface area contributed by atoms with Gasteiger partial charge in [0.1, 0.15) is 0 Å². The molecule has 1 aromatic carbocycles. The highest BCUT2D eigenvalue weighted by molar-refractivity contribution is 7.10. The van der Waals surface area contributed by atoms with E-state index in [1.54, 1.807) is 13.0 Å². The van der Waals surface area contributed by atoms with Gasteiger partial charge in [0, 0.05) is 23.6 Å². The molecule has 8 heteroatoms. The summed E-state index contributed by atoms with van der Waals surface area (Å²) in [4.78, 5) is 23.4. The van der Waals surface area contributed by atoms with Gasteiger partial charge in [-0.2, -0.15) is 0 Å². The minimum Gasteiger partial charge on any atom is -0.396 e. The Morgan fingerprint density at radius 2 is 2.22 bits per heavy atom. The first-order chi connectivity index (χ1) is 11.0. The van der Waals surface area contributed by atoms with Crippen molar-refractivity contribution >= 4 is 28.7 Å². The smallest absolute Gasteiger partial charge is 0.319 e. The average molecular weight is 335 g/mol. The SMILES string of the molecule is Cc1ccc([N+](=O)[O-])cc1NC(=O)N[C@@H](CCO)c1cccs1. The van der Waals surface area contributed by atoms with Gasteiger partial charge in [0.2, 0.25) is 0 Å². The summed E-state index contributed by atoms with van der Waals surface area (Å²) in [7, 11) is 0. The van der Waals surface area contributed by atoms with Gasteiger partial charge < -0.3 is 15.7 Å². The van der Waals surface area contributed by atoms with Crippen LogP contribution in [0.2, 0.25) is 0 Å². The van der Waals surface area contributed by atoms with E-state index in [0.29, 0.717) is 12.1 Å². The molecule has 0 bridgehead atoms. The number of nitrogens with zero attached hydrogens (tertiary/aromatic N) is 1. The molecule has 3 N–H and O–H groups in total. The number of anilines is 1. The predicted molar refractivity (Wildman–Crippen MR) is 88.8 cm³/mol. The van der Waals surface area contributed by atoms with Crippen molar-refractivity contribution in [1.82, 2.24) is 5.32 Å². The van der Waals surface area contributed by atoms with Crippen LogP contribution in [0.1, 0.15) is 22.9 Å². The Balaban J connectivity index is 2.09. The van der Waals surface area contributed by atoms with Crippen LogP contribution in [0.25, 0.3) is 0 Å². The molecule has 2 amide bonds. The van der Waals surface area contributed by atoms with Gasteiger partial charge in [-0.25, -0.2) is 4.79 Å². The van der Waals surface area contributed by atoms with E-state index in [-0.39, 0.29) is 18.3 Å². The van der Waals surface area contributed by atoms with E-state index in [4.69, 9.17) is 5.11 Å². The fourth-order valence-electron chi connectivity index (χ4n) is 2.08. The fraction of sp³-hybridized carbons (Fsp3) is 0.267. The highest BCUT2D eigenvalue weighted by Gasteiger charge is 2.16. The van der Waals surface area contributed by atoms with Gasteiger partial charge in [-0.15, -0.1) is 11.3 Å². The summed E-state index contributed by atoms with van der Waals surface area (Å²) in [5, 5.41) is 27.2. The molecule has 2 rings (SSSR count). The topological polar surface area (TPSA) is 105 Å². The molecule has 0 aliphatic heterocycles. The molecule has 0 spiro atoms. The van der Waals surface area contributed by atoms with Crippen LogP contribution >= 0.6 is 11.3 Å². The van der Waals surface area contributed by atoms with Gasteiger partial charge in [0.05, 0.1) is 16.7 Å². The molecule has 0 saturated heterocycles. The Hall–Kier alpha value is -2.45. The third-order valence-corrected chi connectivity index (χ3v) is 4.28. The minimum atomic E-state index is -0.511. The van der Waals surface area contributed by atoms with Gasteiger partial charge in [-0.1, -0.05) is 12.1 Å². The number of non-ortho nitro benzene ring substituents is 1. The fourth-order valence-corrected chi connectivity index (χ4v) is 2.89. The summed E-state index contributed by atoms with van der Waals surface area (Å²) in [5.41, 5.74) is 1.02. The summed E-state index contributed by atoms with van der Waals surface area (Å²) in [6.45, 7) is 1.70. The van der Waals surface area contributed by atoms with Crippen LogP contribution in [0.3, 0.4) is 0 Å². The molecular weight excluding hydrogens is 318 g/mol. The first-order valence-electron chi connectivity index (χ1n) is 6.98. The zero-order valence-corrected chi connectivity index (χ0v) is 13.3. The number of hydrogen-bond acceptors (Lipinski definition) is 5. The average Bonchev–Trinajstić information content (AvgIpc) is 3.03. The molecule has 1 aromatic heterocycles. The monoisotopic (exact) mass is 335 g/mol. The number of nitro groups is 1. The normalized spacial score (nSPS) is 11.7. The molecule has 2 aromatic rings. The number of aryl methyl sites for hydroxylation is 1. The molecule has 1 atom stereocenters. The highest BCUT2D eigenvalue weighted by atomic mass is 32.1. The first kappa shape index (κ1) is 16.9. The van der Waals surface area contributed by atoms with E-state index in [1.807, 2.05) is 17.5 Å². The molecule has 23 heavy (non-hydrogen) atoms. The van der Waals surface area contributed by atoms with Crippen molar-refractivity contribution in [2.75, 3.05) is 11.9 Å². The second-order valence-corrected chi connectivity index (χ2v) is 5.91. The van der Waals surface area contributed by atoms with E-state index in [0.717, 1.165) is 10.4 Å². The van der Waals surface area contributed by atoms with E-state index in [9.17, 15) is 14.9 Å². The van der Waals surface area contributed by atoms with Crippen molar-refractivity contribution in [1.29, 1.82) is 0 Å². The molecular formula is C15H17N3O4S. The third kappa shape index (κ3) is 4.51. The first-order valence-corrected chi connectivity index (χ1v) is 7.86. The molecule has 122 valence electrons. The minimum absolute atomic E-state index is 0.0569. The van der Waals surface area contributed by atoms with Gasteiger partial charge in [0.25, 0.3) is 5.69 Å². The molecule has 7 nitrogen and oxygen atoms in total. The zero-order valence-electron chi connectivity index (χ0n) is 12.5. The summed E-state index contributed by atoms with van der Waals surface area (Å²) in [6, 6.07) is 7.26. The Kier molecular flexibility index (Phi) is 5.67. The molecule has 1 heterocycles. The number of urea groups is 1. The summed E-state index contributed by atoms with van der Waals surface area (Å²) < 4.78 is 0. The van der Waals surface area contributed by atoms with Gasteiger partial charge in [-0.3, -0.25) is 10.1 Å². The lowest BCUT2D eigenvalue weighted by Crippen LogP contribution is -2.33. The van der Waals surface area contributed by atoms with Gasteiger partial charge >= 0.3 is 6.03 Å². The Labute approximate surface area is 137 Å². The molecule has 0 fully saturated rings. The van der Waals surface area contributed by atoms with E-state index in [1.165, 1.54) is 23.5 Å². The van der Waals surface area contributed by atoms with Gasteiger partial charge in [-0.05, 0) is 30.4 Å². The number of aliphatic hydroxyl groups excluding tert-OH is 1. The summed E-state index contributed by atoms with van der Waals surface area (Å²) >= 11 is 1.49. The maximum absolute atomic E-state index is 12.2. The lowest BCUT2D eigenvalue weighted by Gasteiger charge is -2.17. The summed E-state index contributed by atoms with van der Waals surface area (Å²) in [5.74, 6) is 0. The van der Waals surface area contributed by atoms with E-state index >= 15 is 0 Å². The number of hydrogen-bond donors (Lipinski definition) is 3. The quantitative estimate of drug-likeness (QED) is 0.557. The van der Waals surface area contributed by atoms with Crippen molar-refractivity contribution in [2.24, 2.45) is 0 Å². The third-order valence-electron chi connectivity index (χ3n) is 3.29. The van der Waals surface area contributed by atoms with Gasteiger partial charge in [0.15, 0.2) is 0 Å². The van der Waals surface area contributed by atoms with Crippen LogP contribution in [0, 0.1) is 17.0 Å². The molecule has 0 saturated carbocycles. The number of nitro benzene ring substituents is 1. The number of amides is 2. The van der Waals surface area contributed by atoms with Crippen molar-refractivity contribution in [3.63, 3.8) is 0 Å². The number of nitrogens with one attached hydrogen (secondary N) is 2. The maximum Gasteiger partial charge on any atom is 0.319 e. The number of benzene rings is 1. The van der Waals surface area contributed by atoms with Crippen LogP contribution in [0.15, 0.2) is 35.7 Å². The van der Waals surface area contributed by atoms with E-state index < -0.39 is 11.0 Å². The second-order valence-electron chi connectivity index (χ2n) is 4.94. The molecule has 0 unspecified atom stereocenters. The summed E-state index contributed by atoms with van der Waals surface area (Å²) in [6.07, 6.45) is 0.391. The maximum atomic E-state index is 12.2. The number of carbonyl (C=O) groups excluding carboxylic acids is 1. The molecule has 0 radical (unpaired) electrons. The number of rotatable bonds is 6. The van der Waals surface area contributed by atoms with Crippen LogP contribution in [-0.4, -0.2) is 22.7 Å². The Bertz CT molecular complexity index is 688. The van der Waals surface area contributed by atoms with Crippen LogP contribution in [0.4, 0.5) is 16.2 Å². The Morgan fingerprint density at radius 3 is 2.83 bits per heavy atom. The van der Waals surface area contributed by atoms with Crippen molar-refractivity contribution in [3.05, 3.63) is 56.3 Å². The van der Waals surface area contributed by atoms with Crippen LogP contribution in [0.5, 0.6) is 0 Å². The van der Waals surface area contributed by atoms with Crippen LogP contribution in [-0.2, 0) is 0 Å². The van der Waals surface area contributed by atoms with Crippen molar-refractivity contribution in [2.45, 2.75) is 19.4 Å². The number of thiophene rings is 1. The molecule has 0 aliphatic carbocycles. The van der Waals surface area contributed by atoms with E-state index in [2.05, 4.69) is 10.6 Å². The van der Waals surface area contributed by atoms with Crippen LogP contribution < -0.4 is 10.6 Å². The highest BCUT2D eigenvalue weighted by Crippen LogP contribution is 2.24. The zero-order chi connectivity index (χ0) is 16.8. The standard InChI is InChI=1S/C15H17N3O4S/c1-10-4-5-11(18(21)22)9-13(10)17-15(20)16-12(6-7-19)14-3-2-8-23-14/h2-5,8-9,12,19H,6-7H2,1H3,(H2,16,17,20)/t12-/m0/s1. The lowest BCUT2D eigenvalue weighted by atomic mass is 10.1. The van der Waals surface area contributed by atoms with Crippen molar-refractivity contribution in [3.8, 4) is 0 Å². The lowest BCUT2D eigenvalue weighted by molar-refractivity contribution is -0.384. The second kappa shape index (κ2) is 7.70.